The number of amides is 1. The van der Waals surface area contributed by atoms with E-state index in [9.17, 15) is 26.4 Å². The summed E-state index contributed by atoms with van der Waals surface area (Å²) in [6.07, 6.45) is 4.37. The van der Waals surface area contributed by atoms with E-state index in [1.54, 1.807) is 0 Å². The van der Waals surface area contributed by atoms with Crippen molar-refractivity contribution in [1.82, 2.24) is 4.90 Å². The van der Waals surface area contributed by atoms with E-state index in [0.29, 0.717) is 23.5 Å². The molecule has 134 valence electrons. The molecule has 0 bridgehead atoms. The molecule has 1 saturated heterocycles. The lowest BCUT2D eigenvalue weighted by Crippen LogP contribution is -2.43. The number of carbonyl (C=O) groups excluding carboxylic acids is 1. The Balaban J connectivity index is 2.30. The van der Waals surface area contributed by atoms with Crippen molar-refractivity contribution in [2.75, 3.05) is 30.2 Å². The average molecular weight is 364 g/mol. The van der Waals surface area contributed by atoms with Gasteiger partial charge in [-0.05, 0) is 25.0 Å². The first-order valence-corrected chi connectivity index (χ1v) is 9.45. The van der Waals surface area contributed by atoms with Gasteiger partial charge in [0.2, 0.25) is 15.9 Å². The highest BCUT2D eigenvalue weighted by Crippen LogP contribution is 2.25. The van der Waals surface area contributed by atoms with Crippen molar-refractivity contribution >= 4 is 21.6 Å². The second kappa shape index (κ2) is 7.42. The third kappa shape index (κ3) is 4.19. The first kappa shape index (κ1) is 18.6. The number of halogens is 3. The molecule has 9 heteroatoms. The number of benzene rings is 1. The summed E-state index contributed by atoms with van der Waals surface area (Å²) in [5, 5.41) is 0. The summed E-state index contributed by atoms with van der Waals surface area (Å²) in [7, 11) is -4.06. The van der Waals surface area contributed by atoms with E-state index in [1.807, 2.05) is 0 Å². The highest BCUT2D eigenvalue weighted by Gasteiger charge is 2.28. The SMILES string of the molecule is CS(=O)(=O)N(CC(=O)N1CCCCCC1)c1ccc(F)c(F)c1F. The lowest BCUT2D eigenvalue weighted by atomic mass is 10.2. The lowest BCUT2D eigenvalue weighted by Gasteiger charge is -2.27. The van der Waals surface area contributed by atoms with Crippen LogP contribution in [-0.2, 0) is 14.8 Å². The predicted octanol–water partition coefficient (Wildman–Crippen LogP) is 2.27. The summed E-state index contributed by atoms with van der Waals surface area (Å²) in [6, 6.07) is 1.44. The molecular formula is C15H19F3N2O3S. The van der Waals surface area contributed by atoms with Crippen LogP contribution in [0.3, 0.4) is 0 Å². The Kier molecular flexibility index (Phi) is 5.74. The van der Waals surface area contributed by atoms with Crippen LogP contribution in [0.5, 0.6) is 0 Å². The molecule has 0 saturated carbocycles. The van der Waals surface area contributed by atoms with Gasteiger partial charge in [0.15, 0.2) is 17.5 Å². The Labute approximate surface area is 139 Å². The first-order chi connectivity index (χ1) is 11.2. The van der Waals surface area contributed by atoms with E-state index in [-0.39, 0.29) is 0 Å². The van der Waals surface area contributed by atoms with Crippen molar-refractivity contribution in [2.45, 2.75) is 25.7 Å². The third-order valence-electron chi connectivity index (χ3n) is 3.92. The average Bonchev–Trinajstić information content (AvgIpc) is 2.79. The Hall–Kier alpha value is -1.77. The Morgan fingerprint density at radius 3 is 2.21 bits per heavy atom. The maximum Gasteiger partial charge on any atom is 0.243 e. The molecular weight excluding hydrogens is 345 g/mol. The number of sulfonamides is 1. The number of likely N-dealkylation sites (tertiary alicyclic amines) is 1. The number of rotatable bonds is 4. The maximum atomic E-state index is 14.0. The van der Waals surface area contributed by atoms with Crippen LogP contribution < -0.4 is 4.31 Å². The van der Waals surface area contributed by atoms with Gasteiger partial charge >= 0.3 is 0 Å². The van der Waals surface area contributed by atoms with E-state index in [2.05, 4.69) is 0 Å². The van der Waals surface area contributed by atoms with Gasteiger partial charge in [-0.15, -0.1) is 0 Å². The van der Waals surface area contributed by atoms with Crippen LogP contribution in [0.2, 0.25) is 0 Å². The van der Waals surface area contributed by atoms with Crippen LogP contribution in [0, 0.1) is 17.5 Å². The Bertz CT molecular complexity index is 717. The van der Waals surface area contributed by atoms with E-state index >= 15 is 0 Å². The van der Waals surface area contributed by atoms with Crippen LogP contribution in [0.1, 0.15) is 25.7 Å². The predicted molar refractivity (Wildman–Crippen MR) is 83.6 cm³/mol. The summed E-state index contributed by atoms with van der Waals surface area (Å²) >= 11 is 0. The fourth-order valence-corrected chi connectivity index (χ4v) is 3.48. The Morgan fingerprint density at radius 2 is 1.67 bits per heavy atom. The molecule has 1 aromatic rings. The van der Waals surface area contributed by atoms with Crippen molar-refractivity contribution in [3.05, 3.63) is 29.6 Å². The molecule has 0 spiro atoms. The van der Waals surface area contributed by atoms with E-state index in [1.165, 1.54) is 4.90 Å². The minimum atomic E-state index is -4.06. The highest BCUT2D eigenvalue weighted by molar-refractivity contribution is 7.92. The van der Waals surface area contributed by atoms with Gasteiger partial charge in [0.1, 0.15) is 6.54 Å². The van der Waals surface area contributed by atoms with Gasteiger partial charge in [0.25, 0.3) is 0 Å². The number of hydrogen-bond acceptors (Lipinski definition) is 3. The normalized spacial score (nSPS) is 15.9. The smallest absolute Gasteiger partial charge is 0.243 e. The molecule has 5 nitrogen and oxygen atoms in total. The quantitative estimate of drug-likeness (QED) is 0.770. The van der Waals surface area contributed by atoms with Gasteiger partial charge in [-0.25, -0.2) is 21.6 Å². The number of nitrogens with zero attached hydrogens (tertiary/aromatic N) is 2. The van der Waals surface area contributed by atoms with Crippen molar-refractivity contribution in [2.24, 2.45) is 0 Å². The number of carbonyl (C=O) groups is 1. The summed E-state index contributed by atoms with van der Waals surface area (Å²) in [4.78, 5) is 13.9. The first-order valence-electron chi connectivity index (χ1n) is 7.61. The summed E-state index contributed by atoms with van der Waals surface area (Å²) < 4.78 is 64.8. The second-order valence-corrected chi connectivity index (χ2v) is 7.67. The van der Waals surface area contributed by atoms with Crippen LogP contribution >= 0.6 is 0 Å². The van der Waals surface area contributed by atoms with Gasteiger partial charge in [-0.1, -0.05) is 12.8 Å². The summed E-state index contributed by atoms with van der Waals surface area (Å²) in [5.74, 6) is -5.33. The largest absolute Gasteiger partial charge is 0.341 e. The van der Waals surface area contributed by atoms with Crippen molar-refractivity contribution < 1.29 is 26.4 Å². The van der Waals surface area contributed by atoms with E-state index in [4.69, 9.17) is 0 Å². The van der Waals surface area contributed by atoms with Gasteiger partial charge in [0, 0.05) is 13.1 Å². The third-order valence-corrected chi connectivity index (χ3v) is 5.05. The molecule has 0 atom stereocenters. The molecule has 1 amide bonds. The highest BCUT2D eigenvalue weighted by atomic mass is 32.2. The molecule has 0 aromatic heterocycles. The molecule has 1 heterocycles. The van der Waals surface area contributed by atoms with Crippen molar-refractivity contribution in [3.8, 4) is 0 Å². The van der Waals surface area contributed by atoms with Crippen molar-refractivity contribution in [3.63, 3.8) is 0 Å². The molecule has 1 aromatic carbocycles. The van der Waals surface area contributed by atoms with Crippen LogP contribution in [0.4, 0.5) is 18.9 Å². The van der Waals surface area contributed by atoms with Crippen LogP contribution in [0.25, 0.3) is 0 Å². The molecule has 0 N–H and O–H groups in total. The minimum absolute atomic E-state index is 0.470. The molecule has 0 aliphatic carbocycles. The van der Waals surface area contributed by atoms with E-state index < -0.39 is 45.6 Å². The van der Waals surface area contributed by atoms with Gasteiger partial charge in [0.05, 0.1) is 11.9 Å². The van der Waals surface area contributed by atoms with Crippen LogP contribution in [0.15, 0.2) is 12.1 Å². The zero-order valence-electron chi connectivity index (χ0n) is 13.3. The molecule has 1 fully saturated rings. The molecule has 0 unspecified atom stereocenters. The molecule has 1 aliphatic rings. The summed E-state index contributed by atoms with van der Waals surface area (Å²) in [5.41, 5.74) is -0.681. The second-order valence-electron chi connectivity index (χ2n) is 5.76. The maximum absolute atomic E-state index is 14.0. The van der Waals surface area contributed by atoms with E-state index in [0.717, 1.165) is 38.0 Å². The Morgan fingerprint density at radius 1 is 1.08 bits per heavy atom. The standard InChI is InChI=1S/C15H19F3N2O3S/c1-24(22,23)20(12-7-6-11(16)14(17)15(12)18)10-13(21)19-8-4-2-3-5-9-19/h6-7H,2-5,8-10H2,1H3. The zero-order chi connectivity index (χ0) is 17.9. The summed E-state index contributed by atoms with van der Waals surface area (Å²) in [6.45, 7) is 0.341. The number of anilines is 1. The fraction of sp³-hybridized carbons (Fsp3) is 0.533. The monoisotopic (exact) mass is 364 g/mol. The minimum Gasteiger partial charge on any atom is -0.341 e. The molecule has 1 aliphatic heterocycles. The zero-order valence-corrected chi connectivity index (χ0v) is 14.1. The number of hydrogen-bond donors (Lipinski definition) is 0. The van der Waals surface area contributed by atoms with Gasteiger partial charge < -0.3 is 4.90 Å². The van der Waals surface area contributed by atoms with Gasteiger partial charge in [-0.3, -0.25) is 9.10 Å². The molecule has 2 rings (SSSR count). The molecule has 24 heavy (non-hydrogen) atoms. The lowest BCUT2D eigenvalue weighted by molar-refractivity contribution is -0.129. The van der Waals surface area contributed by atoms with Crippen LogP contribution in [-0.4, -0.2) is 45.1 Å². The fourth-order valence-electron chi connectivity index (χ4n) is 2.63. The molecule has 0 radical (unpaired) electrons. The van der Waals surface area contributed by atoms with Crippen molar-refractivity contribution in [1.29, 1.82) is 0 Å². The van der Waals surface area contributed by atoms with Gasteiger partial charge in [-0.2, -0.15) is 0 Å². The topological polar surface area (TPSA) is 57.7 Å².